The zero-order valence-electron chi connectivity index (χ0n) is 20.8. The molecule has 2 saturated carbocycles. The predicted octanol–water partition coefficient (Wildman–Crippen LogP) is 4.71. The van der Waals surface area contributed by atoms with Crippen molar-refractivity contribution in [2.75, 3.05) is 17.7 Å². The van der Waals surface area contributed by atoms with E-state index < -0.39 is 6.09 Å². The van der Waals surface area contributed by atoms with Crippen LogP contribution in [0.2, 0.25) is 0 Å². The quantitative estimate of drug-likeness (QED) is 0.323. The number of fused-ring (bicyclic) bond motifs is 1. The van der Waals surface area contributed by atoms with E-state index in [0.29, 0.717) is 30.7 Å². The molecular formula is C27H31N7O3. The van der Waals surface area contributed by atoms with Crippen LogP contribution >= 0.6 is 0 Å². The van der Waals surface area contributed by atoms with Gasteiger partial charge >= 0.3 is 6.09 Å². The summed E-state index contributed by atoms with van der Waals surface area (Å²) in [5.74, 6) is 1.93. The molecule has 1 amide bonds. The Morgan fingerprint density at radius 3 is 2.68 bits per heavy atom. The van der Waals surface area contributed by atoms with Gasteiger partial charge in [-0.1, -0.05) is 12.1 Å². The van der Waals surface area contributed by atoms with E-state index in [-0.39, 0.29) is 6.10 Å². The number of hydrogen-bond donors (Lipinski definition) is 2. The topological polar surface area (TPSA) is 122 Å². The lowest BCUT2D eigenvalue weighted by Gasteiger charge is -2.14. The lowest BCUT2D eigenvalue weighted by atomic mass is 10.1. The Hall–Kier alpha value is -4.08. The molecule has 37 heavy (non-hydrogen) atoms. The van der Waals surface area contributed by atoms with Crippen LogP contribution in [0.5, 0.6) is 5.75 Å². The van der Waals surface area contributed by atoms with Crippen LogP contribution in [0, 0.1) is 11.8 Å². The summed E-state index contributed by atoms with van der Waals surface area (Å²) in [4.78, 5) is 13.8. The lowest BCUT2D eigenvalue weighted by molar-refractivity contribution is 0.108. The molecule has 2 fully saturated rings. The summed E-state index contributed by atoms with van der Waals surface area (Å²) in [6.07, 6.45) is 5.66. The van der Waals surface area contributed by atoms with Crippen LogP contribution in [-0.2, 0) is 17.8 Å². The van der Waals surface area contributed by atoms with Gasteiger partial charge < -0.3 is 19.8 Å². The summed E-state index contributed by atoms with van der Waals surface area (Å²) >= 11 is 0. The number of nitrogens with one attached hydrogen (secondary N) is 1. The van der Waals surface area contributed by atoms with Gasteiger partial charge in [0.05, 0.1) is 23.4 Å². The van der Waals surface area contributed by atoms with Crippen LogP contribution < -0.4 is 15.8 Å². The molecule has 1 atom stereocenters. The standard InChI is InChI=1S/C27H31N7O3/c1-17(19-4-5-19)37-27(35)31-21-8-6-20(7-9-21)26-25(28)23-11-10-22(36-13-12-34-30-16-29-32-34)14-24(23)33(26)15-18-2-3-18/h6-11,14,16-19H,2-5,12-13,15,28H2,1H3,(H,31,35). The van der Waals surface area contributed by atoms with Gasteiger partial charge in [0.2, 0.25) is 0 Å². The van der Waals surface area contributed by atoms with Crippen molar-refractivity contribution in [1.29, 1.82) is 0 Å². The minimum atomic E-state index is -0.415. The number of nitrogens with zero attached hydrogens (tertiary/aromatic N) is 5. The number of hydrogen-bond acceptors (Lipinski definition) is 7. The molecule has 2 aromatic carbocycles. The Labute approximate surface area is 214 Å². The first-order valence-corrected chi connectivity index (χ1v) is 12.9. The third kappa shape index (κ3) is 5.23. The highest BCUT2D eigenvalue weighted by atomic mass is 16.6. The summed E-state index contributed by atoms with van der Waals surface area (Å²) in [7, 11) is 0. The number of ether oxygens (including phenoxy) is 2. The summed E-state index contributed by atoms with van der Waals surface area (Å²) in [6, 6.07) is 13.8. The number of tetrazole rings is 1. The largest absolute Gasteiger partial charge is 0.492 e. The van der Waals surface area contributed by atoms with Crippen molar-refractivity contribution in [3.8, 4) is 17.0 Å². The minimum Gasteiger partial charge on any atom is -0.492 e. The molecule has 4 aromatic rings. The fourth-order valence-corrected chi connectivity index (χ4v) is 4.73. The van der Waals surface area contributed by atoms with Crippen LogP contribution in [0.25, 0.3) is 22.2 Å². The van der Waals surface area contributed by atoms with Gasteiger partial charge in [-0.05, 0) is 73.9 Å². The van der Waals surface area contributed by atoms with E-state index >= 15 is 0 Å². The van der Waals surface area contributed by atoms with Gasteiger partial charge in [-0.25, -0.2) is 4.79 Å². The summed E-state index contributed by atoms with van der Waals surface area (Å²) < 4.78 is 13.8. The number of nitrogens with two attached hydrogens (primary N) is 1. The lowest BCUT2D eigenvalue weighted by Crippen LogP contribution is -2.21. The van der Waals surface area contributed by atoms with Gasteiger partial charge in [0, 0.05) is 29.2 Å². The van der Waals surface area contributed by atoms with Gasteiger partial charge in [0.15, 0.2) is 6.33 Å². The molecule has 1 unspecified atom stereocenters. The number of aromatic nitrogens is 5. The highest BCUT2D eigenvalue weighted by molar-refractivity contribution is 6.01. The fraction of sp³-hybridized carbons (Fsp3) is 0.407. The number of carbonyl (C=O) groups excluding carboxylic acids is 1. The second-order valence-corrected chi connectivity index (χ2v) is 10.0. The number of rotatable bonds is 10. The molecule has 0 bridgehead atoms. The van der Waals surface area contributed by atoms with E-state index in [0.717, 1.165) is 53.0 Å². The zero-order chi connectivity index (χ0) is 25.4. The Morgan fingerprint density at radius 1 is 1.16 bits per heavy atom. The molecule has 10 heteroatoms. The molecule has 3 N–H and O–H groups in total. The van der Waals surface area contributed by atoms with E-state index in [2.05, 4.69) is 31.4 Å². The highest BCUT2D eigenvalue weighted by Gasteiger charge is 2.30. The third-order valence-corrected chi connectivity index (χ3v) is 7.15. The first-order chi connectivity index (χ1) is 18.0. The Balaban J connectivity index is 1.23. The van der Waals surface area contributed by atoms with E-state index in [4.69, 9.17) is 15.2 Å². The number of benzene rings is 2. The van der Waals surface area contributed by atoms with E-state index in [1.165, 1.54) is 24.0 Å². The van der Waals surface area contributed by atoms with Crippen LogP contribution in [0.1, 0.15) is 32.6 Å². The molecule has 192 valence electrons. The normalized spacial score (nSPS) is 16.0. The average molecular weight is 502 g/mol. The monoisotopic (exact) mass is 501 g/mol. The maximum absolute atomic E-state index is 12.3. The van der Waals surface area contributed by atoms with Crippen molar-refractivity contribution in [3.63, 3.8) is 0 Å². The molecule has 0 aliphatic heterocycles. The van der Waals surface area contributed by atoms with Crippen LogP contribution in [0.4, 0.5) is 16.2 Å². The van der Waals surface area contributed by atoms with Crippen LogP contribution in [0.3, 0.4) is 0 Å². The third-order valence-electron chi connectivity index (χ3n) is 7.15. The van der Waals surface area contributed by atoms with E-state index in [1.54, 1.807) is 0 Å². The second kappa shape index (κ2) is 9.76. The van der Waals surface area contributed by atoms with Gasteiger partial charge in [0.1, 0.15) is 18.5 Å². The van der Waals surface area contributed by atoms with E-state index in [1.807, 2.05) is 43.3 Å². The van der Waals surface area contributed by atoms with Crippen molar-refractivity contribution in [2.45, 2.75) is 51.8 Å². The first kappa shape index (κ1) is 23.3. The predicted molar refractivity (Wildman–Crippen MR) is 140 cm³/mol. The smallest absolute Gasteiger partial charge is 0.411 e. The Bertz CT molecular complexity index is 1390. The van der Waals surface area contributed by atoms with Crippen molar-refractivity contribution < 1.29 is 14.3 Å². The van der Waals surface area contributed by atoms with Gasteiger partial charge in [-0.3, -0.25) is 5.32 Å². The Morgan fingerprint density at radius 2 is 1.97 bits per heavy atom. The molecule has 2 aliphatic rings. The van der Waals surface area contributed by atoms with Gasteiger partial charge in [-0.2, -0.15) is 4.80 Å². The highest BCUT2D eigenvalue weighted by Crippen LogP contribution is 2.41. The van der Waals surface area contributed by atoms with Crippen LogP contribution in [-0.4, -0.2) is 43.6 Å². The van der Waals surface area contributed by atoms with Gasteiger partial charge in [-0.15, -0.1) is 10.2 Å². The van der Waals surface area contributed by atoms with E-state index in [9.17, 15) is 4.79 Å². The van der Waals surface area contributed by atoms with Crippen LogP contribution in [0.15, 0.2) is 48.8 Å². The molecule has 6 rings (SSSR count). The second-order valence-electron chi connectivity index (χ2n) is 10.0. The summed E-state index contributed by atoms with van der Waals surface area (Å²) in [6.45, 7) is 3.80. The van der Waals surface area contributed by atoms with Crippen molar-refractivity contribution in [3.05, 3.63) is 48.8 Å². The molecule has 2 aliphatic carbocycles. The molecule has 0 radical (unpaired) electrons. The SMILES string of the molecule is CC(OC(=O)Nc1ccc(-c2c(N)c3ccc(OCCn4ncnn4)cc3n2CC2CC2)cc1)C1CC1. The van der Waals surface area contributed by atoms with Crippen molar-refractivity contribution >= 4 is 28.4 Å². The molecule has 10 nitrogen and oxygen atoms in total. The summed E-state index contributed by atoms with van der Waals surface area (Å²) in [5, 5.41) is 15.4. The number of carbonyl (C=O) groups is 1. The molecular weight excluding hydrogens is 470 g/mol. The van der Waals surface area contributed by atoms with Crippen molar-refractivity contribution in [2.24, 2.45) is 11.8 Å². The maximum Gasteiger partial charge on any atom is 0.411 e. The molecule has 0 spiro atoms. The summed E-state index contributed by atoms with van der Waals surface area (Å²) in [5.41, 5.74) is 11.2. The van der Waals surface area contributed by atoms with Crippen molar-refractivity contribution in [1.82, 2.24) is 24.8 Å². The maximum atomic E-state index is 12.3. The number of nitrogen functional groups attached to an aromatic ring is 1. The minimum absolute atomic E-state index is 0.0506. The fourth-order valence-electron chi connectivity index (χ4n) is 4.73. The number of amides is 1. The van der Waals surface area contributed by atoms with Gasteiger partial charge in [0.25, 0.3) is 0 Å². The molecule has 2 heterocycles. The average Bonchev–Trinajstić information content (AvgIpc) is 3.82. The first-order valence-electron chi connectivity index (χ1n) is 12.9. The Kier molecular flexibility index (Phi) is 6.15. The molecule has 0 saturated heterocycles. The zero-order valence-corrected chi connectivity index (χ0v) is 20.8. The molecule has 2 aromatic heterocycles. The number of anilines is 2.